The molecular formula is C20H20N4O6. The van der Waals surface area contributed by atoms with Gasteiger partial charge in [0.05, 0.1) is 18.2 Å². The summed E-state index contributed by atoms with van der Waals surface area (Å²) in [4.78, 5) is 35.2. The average molecular weight is 412 g/mol. The average Bonchev–Trinajstić information content (AvgIpc) is 3.38. The summed E-state index contributed by atoms with van der Waals surface area (Å²) in [6.07, 6.45) is 0.642. The molecule has 0 saturated carbocycles. The molecule has 4 heterocycles. The van der Waals surface area contributed by atoms with Gasteiger partial charge in [-0.25, -0.2) is 14.8 Å². The molecular weight excluding hydrogens is 392 g/mol. The number of ether oxygens (including phenoxy) is 4. The lowest BCUT2D eigenvalue weighted by Gasteiger charge is -2.24. The van der Waals surface area contributed by atoms with E-state index in [4.69, 9.17) is 18.9 Å². The number of aromatic nitrogens is 4. The van der Waals surface area contributed by atoms with Crippen LogP contribution in [0.1, 0.15) is 30.4 Å². The van der Waals surface area contributed by atoms with Crippen molar-refractivity contribution in [2.45, 2.75) is 44.2 Å². The van der Waals surface area contributed by atoms with Crippen molar-refractivity contribution >= 4 is 17.1 Å². The molecule has 5 rings (SSSR count). The highest BCUT2D eigenvalue weighted by Gasteiger charge is 2.56. The molecule has 2 aliphatic rings. The van der Waals surface area contributed by atoms with E-state index in [9.17, 15) is 9.59 Å². The number of H-pyrrole nitrogens is 1. The largest absolute Gasteiger partial charge is 0.459 e. The van der Waals surface area contributed by atoms with E-state index in [0.717, 1.165) is 0 Å². The van der Waals surface area contributed by atoms with E-state index in [-0.39, 0.29) is 17.7 Å². The fourth-order valence-corrected chi connectivity index (χ4v) is 3.88. The van der Waals surface area contributed by atoms with Crippen molar-refractivity contribution in [1.29, 1.82) is 0 Å². The minimum absolute atomic E-state index is 0.00846. The number of carbonyl (C=O) groups is 1. The van der Waals surface area contributed by atoms with Gasteiger partial charge in [0, 0.05) is 0 Å². The van der Waals surface area contributed by atoms with E-state index < -0.39 is 36.3 Å². The zero-order chi connectivity index (χ0) is 20.9. The second-order valence-electron chi connectivity index (χ2n) is 7.65. The summed E-state index contributed by atoms with van der Waals surface area (Å²) in [5.41, 5.74) is 0.689. The standard InChI is InChI=1S/C20H20N4O6/c1-20(2)29-14-12(8-27-19(26)11-6-4-3-5-7-11)28-18(15(14)30-20)24-10-23-13-16(24)21-9-22-17(13)25/h3-7,9-10,12,14-15,18H,8H2,1-2H3,(H,21,22,25)/t12-,14+,15+,18+/m0/s1. The van der Waals surface area contributed by atoms with Crippen molar-refractivity contribution in [1.82, 2.24) is 19.5 Å². The van der Waals surface area contributed by atoms with Gasteiger partial charge >= 0.3 is 5.97 Å². The molecule has 10 nitrogen and oxygen atoms in total. The van der Waals surface area contributed by atoms with E-state index in [0.29, 0.717) is 11.2 Å². The first kappa shape index (κ1) is 18.9. The van der Waals surface area contributed by atoms with Gasteiger partial charge in [-0.1, -0.05) is 18.2 Å². The predicted octanol–water partition coefficient (Wildman–Crippen LogP) is 1.39. The van der Waals surface area contributed by atoms with Gasteiger partial charge in [0.15, 0.2) is 23.2 Å². The fourth-order valence-electron chi connectivity index (χ4n) is 3.88. The number of carbonyl (C=O) groups excluding carboxylic acids is 1. The number of rotatable bonds is 4. The molecule has 2 saturated heterocycles. The van der Waals surface area contributed by atoms with Crippen LogP contribution in [-0.4, -0.2) is 56.2 Å². The van der Waals surface area contributed by atoms with Gasteiger partial charge < -0.3 is 23.9 Å². The Morgan fingerprint density at radius 1 is 1.20 bits per heavy atom. The van der Waals surface area contributed by atoms with Gasteiger partial charge in [-0.2, -0.15) is 0 Å². The normalized spacial score (nSPS) is 27.3. The number of fused-ring (bicyclic) bond motifs is 2. The lowest BCUT2D eigenvalue weighted by Crippen LogP contribution is -2.33. The van der Waals surface area contributed by atoms with Gasteiger partial charge in [0.1, 0.15) is 24.9 Å². The van der Waals surface area contributed by atoms with Crippen molar-refractivity contribution in [2.75, 3.05) is 6.61 Å². The van der Waals surface area contributed by atoms with Crippen LogP contribution in [0, 0.1) is 0 Å². The molecule has 30 heavy (non-hydrogen) atoms. The van der Waals surface area contributed by atoms with E-state index in [1.165, 1.54) is 12.7 Å². The highest BCUT2D eigenvalue weighted by Crippen LogP contribution is 2.43. The van der Waals surface area contributed by atoms with Crippen molar-refractivity contribution in [3.8, 4) is 0 Å². The van der Waals surface area contributed by atoms with Crippen LogP contribution in [0.15, 0.2) is 47.8 Å². The third kappa shape index (κ3) is 3.18. The van der Waals surface area contributed by atoms with Crippen LogP contribution < -0.4 is 5.56 Å². The summed E-state index contributed by atoms with van der Waals surface area (Å²) in [7, 11) is 0. The van der Waals surface area contributed by atoms with E-state index >= 15 is 0 Å². The highest BCUT2D eigenvalue weighted by atomic mass is 16.8. The van der Waals surface area contributed by atoms with Gasteiger partial charge in [-0.15, -0.1) is 0 Å². The van der Waals surface area contributed by atoms with Gasteiger partial charge in [-0.05, 0) is 26.0 Å². The van der Waals surface area contributed by atoms with E-state index in [1.54, 1.807) is 28.8 Å². The summed E-state index contributed by atoms with van der Waals surface area (Å²) in [5.74, 6) is -1.28. The van der Waals surface area contributed by atoms with E-state index in [2.05, 4.69) is 15.0 Å². The topological polar surface area (TPSA) is 118 Å². The van der Waals surface area contributed by atoms with Crippen LogP contribution in [0.4, 0.5) is 0 Å². The zero-order valence-corrected chi connectivity index (χ0v) is 16.3. The number of esters is 1. The Balaban J connectivity index is 1.40. The van der Waals surface area contributed by atoms with Crippen molar-refractivity contribution in [2.24, 2.45) is 0 Å². The lowest BCUT2D eigenvalue weighted by molar-refractivity contribution is -0.199. The smallest absolute Gasteiger partial charge is 0.338 e. The van der Waals surface area contributed by atoms with Gasteiger partial charge in [0.2, 0.25) is 0 Å². The Labute approximate surface area is 170 Å². The third-order valence-corrected chi connectivity index (χ3v) is 5.15. The van der Waals surface area contributed by atoms with Crippen molar-refractivity contribution in [3.05, 3.63) is 58.9 Å². The Morgan fingerprint density at radius 2 is 1.97 bits per heavy atom. The molecule has 156 valence electrons. The predicted molar refractivity (Wildman–Crippen MR) is 103 cm³/mol. The molecule has 0 bridgehead atoms. The number of benzene rings is 1. The second-order valence-corrected chi connectivity index (χ2v) is 7.65. The summed E-state index contributed by atoms with van der Waals surface area (Å²) in [5, 5.41) is 0. The van der Waals surface area contributed by atoms with Gasteiger partial charge in [0.25, 0.3) is 5.56 Å². The summed E-state index contributed by atoms with van der Waals surface area (Å²) in [6.45, 7) is 3.61. The number of hydrogen-bond donors (Lipinski definition) is 1. The summed E-state index contributed by atoms with van der Waals surface area (Å²) >= 11 is 0. The minimum Gasteiger partial charge on any atom is -0.459 e. The van der Waals surface area contributed by atoms with E-state index in [1.807, 2.05) is 19.9 Å². The van der Waals surface area contributed by atoms with Gasteiger partial charge in [-0.3, -0.25) is 9.36 Å². The summed E-state index contributed by atoms with van der Waals surface area (Å²) < 4.78 is 25.3. The molecule has 0 radical (unpaired) electrons. The van der Waals surface area contributed by atoms with Crippen molar-refractivity contribution in [3.63, 3.8) is 0 Å². The van der Waals surface area contributed by atoms with Crippen LogP contribution in [0.5, 0.6) is 0 Å². The molecule has 2 aromatic heterocycles. The molecule has 0 spiro atoms. The molecule has 2 aliphatic heterocycles. The lowest BCUT2D eigenvalue weighted by atomic mass is 10.1. The first-order valence-corrected chi connectivity index (χ1v) is 9.56. The first-order valence-electron chi connectivity index (χ1n) is 9.56. The molecule has 1 N–H and O–H groups in total. The zero-order valence-electron chi connectivity index (χ0n) is 16.3. The Hall–Kier alpha value is -3.08. The molecule has 0 unspecified atom stereocenters. The molecule has 10 heteroatoms. The van der Waals surface area contributed by atoms with Crippen LogP contribution in [-0.2, 0) is 18.9 Å². The molecule has 4 atom stereocenters. The maximum atomic E-state index is 12.3. The van der Waals surface area contributed by atoms with Crippen LogP contribution in [0.25, 0.3) is 11.2 Å². The number of nitrogens with one attached hydrogen (secondary N) is 1. The quantitative estimate of drug-likeness (QED) is 0.639. The molecule has 1 aromatic carbocycles. The fraction of sp³-hybridized carbons (Fsp3) is 0.400. The Kier molecular flexibility index (Phi) is 4.42. The maximum absolute atomic E-state index is 12.3. The molecule has 0 aliphatic carbocycles. The third-order valence-electron chi connectivity index (χ3n) is 5.15. The van der Waals surface area contributed by atoms with Crippen molar-refractivity contribution < 1.29 is 23.7 Å². The number of hydrogen-bond acceptors (Lipinski definition) is 8. The van der Waals surface area contributed by atoms with Crippen LogP contribution >= 0.6 is 0 Å². The Morgan fingerprint density at radius 3 is 2.77 bits per heavy atom. The number of nitrogens with zero attached hydrogens (tertiary/aromatic N) is 3. The Bertz CT molecular complexity index is 1140. The monoisotopic (exact) mass is 412 g/mol. The van der Waals surface area contributed by atoms with Crippen LogP contribution in [0.2, 0.25) is 0 Å². The number of imidazole rings is 1. The van der Waals surface area contributed by atoms with Crippen LogP contribution in [0.3, 0.4) is 0 Å². The summed E-state index contributed by atoms with van der Waals surface area (Å²) in [6, 6.07) is 8.73. The molecule has 3 aromatic rings. The minimum atomic E-state index is -0.833. The first-order chi connectivity index (χ1) is 14.4. The second kappa shape index (κ2) is 7.01. The molecule has 0 amide bonds. The highest BCUT2D eigenvalue weighted by molar-refractivity contribution is 5.89. The molecule has 2 fully saturated rings. The SMILES string of the molecule is CC1(C)O[C@@H]2[C@H](O1)[C@H](COC(=O)c1ccccc1)O[C@H]2n1cnc2c(=O)[nH]cnc21. The number of aromatic amines is 1. The maximum Gasteiger partial charge on any atom is 0.338 e.